The van der Waals surface area contributed by atoms with Gasteiger partial charge in [0.2, 0.25) is 0 Å². The molecule has 0 aromatic carbocycles. The Balaban J connectivity index is 0.00000121. The van der Waals surface area contributed by atoms with Gasteiger partial charge < -0.3 is 9.84 Å². The lowest BCUT2D eigenvalue weighted by molar-refractivity contribution is -0.143. The van der Waals surface area contributed by atoms with Gasteiger partial charge in [-0.1, -0.05) is 14.4 Å². The summed E-state index contributed by atoms with van der Waals surface area (Å²) in [7, 11) is 0. The predicted octanol–water partition coefficient (Wildman–Crippen LogP) is 1.52. The summed E-state index contributed by atoms with van der Waals surface area (Å²) >= 11 is 0. The Labute approximate surface area is 68.8 Å². The fourth-order valence-corrected chi connectivity index (χ4v) is 1.17. The average molecular weight is 162 g/mol. The summed E-state index contributed by atoms with van der Waals surface area (Å²) in [6.07, 6.45) is 0.746. The molecule has 1 unspecified atom stereocenters. The van der Waals surface area contributed by atoms with E-state index in [4.69, 9.17) is 11.2 Å². The Bertz CT molecular complexity index is 160. The summed E-state index contributed by atoms with van der Waals surface area (Å²) in [4.78, 5) is 10.6. The van der Waals surface area contributed by atoms with Gasteiger partial charge in [0.05, 0.1) is 13.4 Å². The van der Waals surface area contributed by atoms with Crippen LogP contribution in [0.3, 0.4) is 0 Å². The van der Waals surface area contributed by atoms with Crippen molar-refractivity contribution >= 4 is 5.97 Å². The minimum absolute atomic E-state index is 0. The number of rotatable bonds is 2. The van der Waals surface area contributed by atoms with Crippen LogP contribution in [0.15, 0.2) is 0 Å². The van der Waals surface area contributed by atoms with Crippen molar-refractivity contribution in [1.29, 1.82) is 0 Å². The monoisotopic (exact) mass is 162 g/mol. The second-order valence-corrected chi connectivity index (χ2v) is 2.43. The van der Waals surface area contributed by atoms with E-state index in [-0.39, 0.29) is 13.5 Å². The third-order valence-electron chi connectivity index (χ3n) is 1.79. The van der Waals surface area contributed by atoms with E-state index in [2.05, 4.69) is 0 Å². The number of carboxylic acid groups (broad SMARTS) is 1. The van der Waals surface area contributed by atoms with E-state index in [1.165, 1.54) is 0 Å². The lowest BCUT2D eigenvalue weighted by atomic mass is 10.0. The Morgan fingerprint density at radius 2 is 2.55 bits per heavy atom. The van der Waals surface area contributed by atoms with Gasteiger partial charge in [0.25, 0.3) is 0 Å². The molecule has 1 rings (SSSR count). The second kappa shape index (κ2) is 4.34. The van der Waals surface area contributed by atoms with Crippen molar-refractivity contribution in [3.8, 4) is 0 Å². The van der Waals surface area contributed by atoms with E-state index in [0.717, 1.165) is 0 Å². The van der Waals surface area contributed by atoms with Crippen molar-refractivity contribution in [2.75, 3.05) is 6.58 Å². The molecule has 0 radical (unpaired) electrons. The molecule has 3 atom stereocenters. The molecular formula is C8H16O3. The van der Waals surface area contributed by atoms with E-state index in [9.17, 15) is 4.79 Å². The fourth-order valence-electron chi connectivity index (χ4n) is 1.17. The van der Waals surface area contributed by atoms with Gasteiger partial charge in [0.1, 0.15) is 0 Å². The van der Waals surface area contributed by atoms with Crippen LogP contribution >= 0.6 is 0 Å². The average Bonchev–Trinajstić information content (AvgIpc) is 2.30. The van der Waals surface area contributed by atoms with Crippen molar-refractivity contribution in [2.24, 2.45) is 5.92 Å². The number of carbonyl (C=O) groups is 1. The quantitative estimate of drug-likeness (QED) is 0.669. The zero-order valence-electron chi connectivity index (χ0n) is 6.91. The SMILES string of the molecule is C.[3H][C@H]1CC(C(=O)O)[C@@H](CC)O1. The molecule has 0 bridgehead atoms. The van der Waals surface area contributed by atoms with Gasteiger partial charge in [-0.2, -0.15) is 0 Å². The first-order valence-electron chi connectivity index (χ1n) is 4.03. The number of aliphatic carboxylic acids is 1. The lowest BCUT2D eigenvalue weighted by Gasteiger charge is -2.10. The van der Waals surface area contributed by atoms with E-state index in [1.54, 1.807) is 0 Å². The van der Waals surface area contributed by atoms with Crippen LogP contribution in [0.5, 0.6) is 0 Å². The van der Waals surface area contributed by atoms with Gasteiger partial charge in [-0.15, -0.1) is 0 Å². The Hall–Kier alpha value is -0.570. The van der Waals surface area contributed by atoms with E-state index in [1.807, 2.05) is 6.92 Å². The van der Waals surface area contributed by atoms with Gasteiger partial charge >= 0.3 is 5.97 Å². The van der Waals surface area contributed by atoms with Crippen LogP contribution in [0, 0.1) is 5.92 Å². The molecule has 1 aliphatic heterocycles. The van der Waals surface area contributed by atoms with Gasteiger partial charge in [-0.3, -0.25) is 4.79 Å². The van der Waals surface area contributed by atoms with Crippen molar-refractivity contribution in [1.82, 2.24) is 0 Å². The normalized spacial score (nSPS) is 37.5. The molecule has 0 aromatic rings. The van der Waals surface area contributed by atoms with E-state index >= 15 is 0 Å². The minimum Gasteiger partial charge on any atom is -0.481 e. The third kappa shape index (κ3) is 2.19. The molecule has 1 fully saturated rings. The fraction of sp³-hybridized carbons (Fsp3) is 0.875. The molecule has 0 saturated carbocycles. The molecule has 0 aliphatic carbocycles. The van der Waals surface area contributed by atoms with Crippen LogP contribution in [0.4, 0.5) is 0 Å². The van der Waals surface area contributed by atoms with Gasteiger partial charge in [-0.25, -0.2) is 0 Å². The highest BCUT2D eigenvalue weighted by atomic mass is 16.5. The maximum atomic E-state index is 10.6. The maximum absolute atomic E-state index is 10.6. The van der Waals surface area contributed by atoms with Crippen LogP contribution in [-0.4, -0.2) is 23.8 Å². The zero-order chi connectivity index (χ0) is 8.43. The number of hydrogen-bond donors (Lipinski definition) is 1. The number of hydrogen-bond acceptors (Lipinski definition) is 2. The van der Waals surface area contributed by atoms with Crippen LogP contribution in [0.2, 0.25) is 0 Å². The molecular weight excluding hydrogens is 144 g/mol. The highest BCUT2D eigenvalue weighted by Crippen LogP contribution is 2.22. The van der Waals surface area contributed by atoms with Gasteiger partial charge in [0, 0.05) is 6.58 Å². The first-order chi connectivity index (χ1) is 5.15. The first kappa shape index (κ1) is 8.53. The molecule has 0 aromatic heterocycles. The standard InChI is InChI=1S/C7H12O3.CH4/c1-2-6-5(7(8)9)3-4-10-6;/h5-6H,2-4H2,1H3,(H,8,9);1H4/t5?,6-;/m1./s1/i4T;/t4-,5?,6+;/m0.. The smallest absolute Gasteiger partial charge is 0.309 e. The highest BCUT2D eigenvalue weighted by Gasteiger charge is 2.32. The summed E-state index contributed by atoms with van der Waals surface area (Å²) in [6, 6.07) is 0. The Morgan fingerprint density at radius 1 is 1.91 bits per heavy atom. The molecule has 3 heteroatoms. The Morgan fingerprint density at radius 3 is 2.91 bits per heavy atom. The molecule has 3 nitrogen and oxygen atoms in total. The molecule has 0 amide bonds. The molecule has 1 heterocycles. The van der Waals surface area contributed by atoms with Crippen LogP contribution in [-0.2, 0) is 9.53 Å². The molecule has 66 valence electrons. The van der Waals surface area contributed by atoms with Crippen LogP contribution in [0.25, 0.3) is 0 Å². The summed E-state index contributed by atoms with van der Waals surface area (Å²) < 4.78 is 12.3. The maximum Gasteiger partial charge on any atom is 0.309 e. The molecule has 1 N–H and O–H groups in total. The summed E-state index contributed by atoms with van der Waals surface area (Å²) in [5, 5.41) is 8.67. The van der Waals surface area contributed by atoms with Gasteiger partial charge in [-0.05, 0) is 12.8 Å². The lowest BCUT2D eigenvalue weighted by Crippen LogP contribution is -2.22. The highest BCUT2D eigenvalue weighted by molar-refractivity contribution is 5.71. The molecule has 11 heavy (non-hydrogen) atoms. The molecule has 0 spiro atoms. The van der Waals surface area contributed by atoms with Crippen molar-refractivity contribution in [2.45, 2.75) is 33.3 Å². The first-order valence-corrected chi connectivity index (χ1v) is 3.45. The van der Waals surface area contributed by atoms with Crippen molar-refractivity contribution < 1.29 is 16.0 Å². The van der Waals surface area contributed by atoms with Crippen molar-refractivity contribution in [3.05, 3.63) is 0 Å². The minimum atomic E-state index is -0.841. The topological polar surface area (TPSA) is 46.5 Å². The predicted molar refractivity (Wildman–Crippen MR) is 42.5 cm³/mol. The second-order valence-electron chi connectivity index (χ2n) is 2.43. The summed E-state index contributed by atoms with van der Waals surface area (Å²) in [5.41, 5.74) is 0. The molecule has 1 aliphatic rings. The van der Waals surface area contributed by atoms with E-state index < -0.39 is 18.5 Å². The summed E-state index contributed by atoms with van der Waals surface area (Å²) in [5.74, 6) is -1.31. The molecule has 1 saturated heterocycles. The number of ether oxygens (including phenoxy) is 1. The third-order valence-corrected chi connectivity index (χ3v) is 1.79. The van der Waals surface area contributed by atoms with Crippen LogP contribution < -0.4 is 0 Å². The Kier molecular flexibility index (Phi) is 3.36. The van der Waals surface area contributed by atoms with Crippen LogP contribution in [0.1, 0.15) is 28.6 Å². The van der Waals surface area contributed by atoms with Crippen molar-refractivity contribution in [3.63, 3.8) is 0 Å². The van der Waals surface area contributed by atoms with E-state index in [0.29, 0.717) is 12.8 Å². The van der Waals surface area contributed by atoms with Gasteiger partial charge in [0.15, 0.2) is 0 Å². The summed E-state index contributed by atoms with van der Waals surface area (Å²) in [6.45, 7) is 1.24. The number of carboxylic acids is 1. The largest absolute Gasteiger partial charge is 0.481 e. The zero-order valence-corrected chi connectivity index (χ0v) is 5.91.